The highest BCUT2D eigenvalue weighted by Crippen LogP contribution is 2.29. The van der Waals surface area contributed by atoms with Gasteiger partial charge in [-0.15, -0.1) is 0 Å². The van der Waals surface area contributed by atoms with Crippen LogP contribution in [0.15, 0.2) is 12.3 Å². The van der Waals surface area contributed by atoms with Gasteiger partial charge in [0, 0.05) is 37.8 Å². The van der Waals surface area contributed by atoms with E-state index in [0.29, 0.717) is 19.0 Å². The lowest BCUT2D eigenvalue weighted by molar-refractivity contribution is -0.385. The molecule has 6 nitrogen and oxygen atoms in total. The number of fused-ring (bicyclic) bond motifs is 1. The second-order valence-corrected chi connectivity index (χ2v) is 6.58. The molecular formula is C16H23N3O3. The van der Waals surface area contributed by atoms with E-state index >= 15 is 0 Å². The van der Waals surface area contributed by atoms with Gasteiger partial charge in [0.05, 0.1) is 11.0 Å². The maximum Gasteiger partial charge on any atom is 0.287 e. The number of nitrogens with zero attached hydrogens (tertiary/aromatic N) is 3. The summed E-state index contributed by atoms with van der Waals surface area (Å²) in [6.07, 6.45) is 7.81. The zero-order valence-electron chi connectivity index (χ0n) is 12.8. The van der Waals surface area contributed by atoms with E-state index in [4.69, 9.17) is 0 Å². The molecule has 3 rings (SSSR count). The van der Waals surface area contributed by atoms with Crippen molar-refractivity contribution in [1.29, 1.82) is 0 Å². The van der Waals surface area contributed by atoms with Crippen molar-refractivity contribution in [1.82, 2.24) is 9.88 Å². The standard InChI is InChI=1S/C16H23N3O3/c20-15(7-12-3-1-2-4-12)11-18-6-5-16-13(10-18)8-14(9-17-16)19(21)22/h8-9,12,15,20H,1-7,10-11H2. The van der Waals surface area contributed by atoms with E-state index in [1.165, 1.54) is 31.9 Å². The molecule has 0 aromatic carbocycles. The van der Waals surface area contributed by atoms with E-state index in [1.54, 1.807) is 6.07 Å². The molecule has 22 heavy (non-hydrogen) atoms. The molecule has 0 saturated heterocycles. The van der Waals surface area contributed by atoms with Crippen molar-refractivity contribution in [3.8, 4) is 0 Å². The molecule has 0 amide bonds. The van der Waals surface area contributed by atoms with Gasteiger partial charge in [-0.25, -0.2) is 0 Å². The van der Waals surface area contributed by atoms with Crippen LogP contribution in [-0.4, -0.2) is 39.1 Å². The van der Waals surface area contributed by atoms with Gasteiger partial charge in [-0.05, 0) is 17.9 Å². The van der Waals surface area contributed by atoms with Gasteiger partial charge in [-0.2, -0.15) is 0 Å². The molecule has 1 aromatic heterocycles. The van der Waals surface area contributed by atoms with Gasteiger partial charge in [0.2, 0.25) is 0 Å². The molecule has 1 fully saturated rings. The Morgan fingerprint density at radius 2 is 2.23 bits per heavy atom. The third-order valence-corrected chi connectivity index (χ3v) is 4.86. The maximum atomic E-state index is 10.9. The van der Waals surface area contributed by atoms with Crippen molar-refractivity contribution in [2.24, 2.45) is 5.92 Å². The highest BCUT2D eigenvalue weighted by molar-refractivity contribution is 5.35. The Balaban J connectivity index is 1.58. The normalized spacial score (nSPS) is 20.8. The second kappa shape index (κ2) is 6.71. The number of pyridine rings is 1. The lowest BCUT2D eigenvalue weighted by atomic mass is 9.99. The average Bonchev–Trinajstić information content (AvgIpc) is 2.99. The number of hydrogen-bond donors (Lipinski definition) is 1. The number of β-amino-alcohol motifs (C(OH)–C–C–N with tert-alkyl or cyclic N) is 1. The fraction of sp³-hybridized carbons (Fsp3) is 0.688. The zero-order chi connectivity index (χ0) is 15.5. The third kappa shape index (κ3) is 3.62. The Morgan fingerprint density at radius 3 is 2.95 bits per heavy atom. The monoisotopic (exact) mass is 305 g/mol. The van der Waals surface area contributed by atoms with Gasteiger partial charge in [0.15, 0.2) is 0 Å². The molecule has 1 aliphatic heterocycles. The summed E-state index contributed by atoms with van der Waals surface area (Å²) in [7, 11) is 0. The van der Waals surface area contributed by atoms with Crippen molar-refractivity contribution >= 4 is 5.69 Å². The lowest BCUT2D eigenvalue weighted by Gasteiger charge is -2.30. The summed E-state index contributed by atoms with van der Waals surface area (Å²) in [5.41, 5.74) is 1.92. The molecule has 0 radical (unpaired) electrons. The van der Waals surface area contributed by atoms with Crippen LogP contribution in [0, 0.1) is 16.0 Å². The van der Waals surface area contributed by atoms with Crippen LogP contribution in [0.1, 0.15) is 43.4 Å². The van der Waals surface area contributed by atoms with Crippen LogP contribution in [0.5, 0.6) is 0 Å². The third-order valence-electron chi connectivity index (χ3n) is 4.86. The van der Waals surface area contributed by atoms with E-state index in [0.717, 1.165) is 30.6 Å². The molecule has 0 spiro atoms. The number of rotatable bonds is 5. The van der Waals surface area contributed by atoms with E-state index in [9.17, 15) is 15.2 Å². The molecule has 2 heterocycles. The van der Waals surface area contributed by atoms with E-state index in [-0.39, 0.29) is 11.8 Å². The summed E-state index contributed by atoms with van der Waals surface area (Å²) < 4.78 is 0. The van der Waals surface area contributed by atoms with Gasteiger partial charge in [0.25, 0.3) is 5.69 Å². The molecule has 1 atom stereocenters. The molecule has 6 heteroatoms. The predicted molar refractivity (Wildman–Crippen MR) is 82.5 cm³/mol. The Bertz CT molecular complexity index is 543. The first-order valence-electron chi connectivity index (χ1n) is 8.14. The summed E-state index contributed by atoms with van der Waals surface area (Å²) >= 11 is 0. The van der Waals surface area contributed by atoms with Gasteiger partial charge < -0.3 is 5.11 Å². The first-order valence-corrected chi connectivity index (χ1v) is 8.14. The highest BCUT2D eigenvalue weighted by Gasteiger charge is 2.24. The number of hydrogen-bond acceptors (Lipinski definition) is 5. The SMILES string of the molecule is O=[N+]([O-])c1cnc2c(c1)CN(CC(O)CC1CCCC1)CC2. The zero-order valence-corrected chi connectivity index (χ0v) is 12.8. The topological polar surface area (TPSA) is 79.5 Å². The quantitative estimate of drug-likeness (QED) is 0.667. The van der Waals surface area contributed by atoms with Crippen LogP contribution < -0.4 is 0 Å². The minimum Gasteiger partial charge on any atom is -0.392 e. The van der Waals surface area contributed by atoms with Crippen LogP contribution in [0.3, 0.4) is 0 Å². The number of aromatic nitrogens is 1. The van der Waals surface area contributed by atoms with E-state index < -0.39 is 4.92 Å². The smallest absolute Gasteiger partial charge is 0.287 e. The summed E-state index contributed by atoms with van der Waals surface area (Å²) in [6.45, 7) is 2.16. The van der Waals surface area contributed by atoms with Crippen molar-refractivity contribution in [3.05, 3.63) is 33.6 Å². The maximum absolute atomic E-state index is 10.9. The predicted octanol–water partition coefficient (Wildman–Crippen LogP) is 2.29. The Labute approximate surface area is 130 Å². The van der Waals surface area contributed by atoms with Gasteiger partial charge in [0.1, 0.15) is 6.20 Å². The molecule has 120 valence electrons. The van der Waals surface area contributed by atoms with Crippen LogP contribution >= 0.6 is 0 Å². The summed E-state index contributed by atoms with van der Waals surface area (Å²) in [5, 5.41) is 21.1. The minimum atomic E-state index is -0.402. The Morgan fingerprint density at radius 1 is 1.45 bits per heavy atom. The van der Waals surface area contributed by atoms with Crippen molar-refractivity contribution < 1.29 is 10.0 Å². The minimum absolute atomic E-state index is 0.0482. The lowest BCUT2D eigenvalue weighted by Crippen LogP contribution is -2.37. The number of aliphatic hydroxyl groups excluding tert-OH is 1. The fourth-order valence-corrected chi connectivity index (χ4v) is 3.73. The summed E-state index contributed by atoms with van der Waals surface area (Å²) in [5.74, 6) is 0.676. The molecular weight excluding hydrogens is 282 g/mol. The van der Waals surface area contributed by atoms with Crippen LogP contribution in [0.4, 0.5) is 5.69 Å². The second-order valence-electron chi connectivity index (χ2n) is 6.58. The number of nitro groups is 1. The largest absolute Gasteiger partial charge is 0.392 e. The van der Waals surface area contributed by atoms with E-state index in [1.807, 2.05) is 0 Å². The van der Waals surface area contributed by atoms with Crippen molar-refractivity contribution in [3.63, 3.8) is 0 Å². The van der Waals surface area contributed by atoms with Gasteiger partial charge in [-0.3, -0.25) is 20.0 Å². The van der Waals surface area contributed by atoms with E-state index in [2.05, 4.69) is 9.88 Å². The number of aliphatic hydroxyl groups is 1. The van der Waals surface area contributed by atoms with Crippen molar-refractivity contribution in [2.75, 3.05) is 13.1 Å². The molecule has 1 aliphatic carbocycles. The first kappa shape index (κ1) is 15.4. The molecule has 1 N–H and O–H groups in total. The van der Waals surface area contributed by atoms with Gasteiger partial charge in [-0.1, -0.05) is 25.7 Å². The first-order chi connectivity index (χ1) is 10.6. The fourth-order valence-electron chi connectivity index (χ4n) is 3.73. The molecule has 0 bridgehead atoms. The summed E-state index contributed by atoms with van der Waals surface area (Å²) in [6, 6.07) is 1.62. The van der Waals surface area contributed by atoms with Gasteiger partial charge >= 0.3 is 0 Å². The average molecular weight is 305 g/mol. The van der Waals surface area contributed by atoms with Crippen LogP contribution in [-0.2, 0) is 13.0 Å². The molecule has 1 saturated carbocycles. The molecule has 1 aromatic rings. The Kier molecular flexibility index (Phi) is 4.69. The molecule has 2 aliphatic rings. The highest BCUT2D eigenvalue weighted by atomic mass is 16.6. The van der Waals surface area contributed by atoms with Crippen LogP contribution in [0.2, 0.25) is 0 Å². The Hall–Kier alpha value is -1.53. The summed E-state index contributed by atoms with van der Waals surface area (Å²) in [4.78, 5) is 16.8. The molecule has 1 unspecified atom stereocenters. The van der Waals surface area contributed by atoms with Crippen LogP contribution in [0.25, 0.3) is 0 Å². The van der Waals surface area contributed by atoms with Crippen molar-refractivity contribution in [2.45, 2.75) is 51.2 Å².